The predicted molar refractivity (Wildman–Crippen MR) is 89.3 cm³/mol. The van der Waals surface area contributed by atoms with Crippen molar-refractivity contribution in [3.8, 4) is 5.75 Å². The molecule has 5 nitrogen and oxygen atoms in total. The molecule has 1 aliphatic rings. The number of aromatic nitrogens is 2. The number of anilines is 2. The van der Waals surface area contributed by atoms with Gasteiger partial charge in [-0.1, -0.05) is 17.3 Å². The second kappa shape index (κ2) is 5.57. The van der Waals surface area contributed by atoms with Gasteiger partial charge in [0.05, 0.1) is 22.9 Å². The number of fused-ring (bicyclic) bond motifs is 1. The Balaban J connectivity index is 1.63. The van der Waals surface area contributed by atoms with Crippen molar-refractivity contribution in [3.05, 3.63) is 42.1 Å². The van der Waals surface area contributed by atoms with E-state index < -0.39 is 0 Å². The summed E-state index contributed by atoms with van der Waals surface area (Å²) in [4.78, 5) is 4.53. The number of hydrogen-bond acceptors (Lipinski definition) is 5. The van der Waals surface area contributed by atoms with Crippen LogP contribution in [0.25, 0.3) is 11.1 Å². The Labute approximate surface area is 134 Å². The van der Waals surface area contributed by atoms with Gasteiger partial charge in [-0.05, 0) is 51.0 Å². The van der Waals surface area contributed by atoms with Crippen LogP contribution in [-0.2, 0) is 0 Å². The van der Waals surface area contributed by atoms with Gasteiger partial charge in [0.25, 0.3) is 5.71 Å². The Morgan fingerprint density at radius 2 is 2.00 bits per heavy atom. The minimum absolute atomic E-state index is 0.115. The Kier molecular flexibility index (Phi) is 3.41. The van der Waals surface area contributed by atoms with Gasteiger partial charge in [0, 0.05) is 5.92 Å². The van der Waals surface area contributed by atoms with E-state index in [4.69, 9.17) is 9.26 Å². The number of ether oxygens (including phenoxy) is 1. The number of nitrogens with one attached hydrogen (secondary N) is 1. The van der Waals surface area contributed by atoms with Crippen molar-refractivity contribution in [1.82, 2.24) is 10.1 Å². The number of pyridine rings is 1. The van der Waals surface area contributed by atoms with Gasteiger partial charge in [-0.2, -0.15) is 4.98 Å². The minimum atomic E-state index is 0.115. The van der Waals surface area contributed by atoms with E-state index in [2.05, 4.69) is 15.5 Å². The van der Waals surface area contributed by atoms with Crippen molar-refractivity contribution in [3.63, 3.8) is 0 Å². The molecule has 0 bridgehead atoms. The third-order valence-corrected chi connectivity index (χ3v) is 3.84. The Morgan fingerprint density at radius 1 is 1.17 bits per heavy atom. The summed E-state index contributed by atoms with van der Waals surface area (Å²) in [7, 11) is 0. The van der Waals surface area contributed by atoms with Gasteiger partial charge in [0.15, 0.2) is 0 Å². The summed E-state index contributed by atoms with van der Waals surface area (Å²) in [6, 6.07) is 11.8. The van der Waals surface area contributed by atoms with Crippen LogP contribution in [-0.4, -0.2) is 16.2 Å². The first-order chi connectivity index (χ1) is 11.2. The fourth-order valence-electron chi connectivity index (χ4n) is 2.63. The van der Waals surface area contributed by atoms with Crippen LogP contribution in [0.5, 0.6) is 5.75 Å². The van der Waals surface area contributed by atoms with Crippen molar-refractivity contribution in [1.29, 1.82) is 0 Å². The Morgan fingerprint density at radius 3 is 2.78 bits per heavy atom. The molecule has 4 rings (SSSR count). The molecule has 0 aliphatic heterocycles. The average Bonchev–Trinajstić information content (AvgIpc) is 3.29. The SMILES string of the molecule is CC(C)Oc1ccccc1Nc1ccc2c(C3CC3)noc2n1. The first-order valence-corrected chi connectivity index (χ1v) is 8.00. The molecule has 1 fully saturated rings. The van der Waals surface area contributed by atoms with Gasteiger partial charge >= 0.3 is 0 Å². The second-order valence-corrected chi connectivity index (χ2v) is 6.18. The summed E-state index contributed by atoms with van der Waals surface area (Å²) in [5, 5.41) is 8.49. The fraction of sp³-hybridized carbons (Fsp3) is 0.333. The molecular weight excluding hydrogens is 290 g/mol. The Hall–Kier alpha value is -2.56. The van der Waals surface area contributed by atoms with E-state index in [0.717, 1.165) is 28.3 Å². The van der Waals surface area contributed by atoms with E-state index in [9.17, 15) is 0 Å². The molecule has 0 spiro atoms. The number of rotatable bonds is 5. The molecule has 2 heterocycles. The minimum Gasteiger partial charge on any atom is -0.489 e. The van der Waals surface area contributed by atoms with Crippen molar-refractivity contribution in [2.45, 2.75) is 38.7 Å². The van der Waals surface area contributed by atoms with Gasteiger partial charge in [-0.15, -0.1) is 0 Å². The zero-order chi connectivity index (χ0) is 15.8. The van der Waals surface area contributed by atoms with Crippen molar-refractivity contribution >= 4 is 22.6 Å². The second-order valence-electron chi connectivity index (χ2n) is 6.18. The van der Waals surface area contributed by atoms with E-state index in [1.54, 1.807) is 0 Å². The number of nitrogens with zero attached hydrogens (tertiary/aromatic N) is 2. The maximum absolute atomic E-state index is 5.82. The molecule has 118 valence electrons. The van der Waals surface area contributed by atoms with Crippen LogP contribution in [0.1, 0.15) is 38.3 Å². The largest absolute Gasteiger partial charge is 0.489 e. The van der Waals surface area contributed by atoms with Gasteiger partial charge in [-0.25, -0.2) is 0 Å². The van der Waals surface area contributed by atoms with E-state index in [1.165, 1.54) is 12.8 Å². The molecule has 0 atom stereocenters. The summed E-state index contributed by atoms with van der Waals surface area (Å²) < 4.78 is 11.2. The topological polar surface area (TPSA) is 60.2 Å². The van der Waals surface area contributed by atoms with Crippen LogP contribution in [0.15, 0.2) is 40.9 Å². The average molecular weight is 309 g/mol. The molecular formula is C18H19N3O2. The molecule has 1 aromatic carbocycles. The normalized spacial score (nSPS) is 14.4. The third-order valence-electron chi connectivity index (χ3n) is 3.84. The molecule has 0 radical (unpaired) electrons. The van der Waals surface area contributed by atoms with Crippen LogP contribution in [0.3, 0.4) is 0 Å². The fourth-order valence-corrected chi connectivity index (χ4v) is 2.63. The highest BCUT2D eigenvalue weighted by Gasteiger charge is 2.29. The van der Waals surface area contributed by atoms with Crippen LogP contribution < -0.4 is 10.1 Å². The van der Waals surface area contributed by atoms with Gasteiger partial charge in [0.1, 0.15) is 11.6 Å². The standard InChI is InChI=1S/C18H19N3O2/c1-11(2)22-15-6-4-3-5-14(15)19-16-10-9-13-17(12-7-8-12)21-23-18(13)20-16/h3-6,9-12H,7-8H2,1-2H3,(H,19,20). The van der Waals surface area contributed by atoms with E-state index >= 15 is 0 Å². The smallest absolute Gasteiger partial charge is 0.259 e. The quantitative estimate of drug-likeness (QED) is 0.744. The van der Waals surface area contributed by atoms with Crippen molar-refractivity contribution < 1.29 is 9.26 Å². The predicted octanol–water partition coefficient (Wildman–Crippen LogP) is 4.63. The van der Waals surface area contributed by atoms with E-state index in [0.29, 0.717) is 11.6 Å². The summed E-state index contributed by atoms with van der Waals surface area (Å²) >= 11 is 0. The molecule has 0 saturated heterocycles. The highest BCUT2D eigenvalue weighted by atomic mass is 16.5. The maximum Gasteiger partial charge on any atom is 0.259 e. The summed E-state index contributed by atoms with van der Waals surface area (Å²) in [6.45, 7) is 4.02. The first-order valence-electron chi connectivity index (χ1n) is 8.00. The molecule has 1 aliphatic carbocycles. The van der Waals surface area contributed by atoms with Crippen molar-refractivity contribution in [2.75, 3.05) is 5.32 Å². The zero-order valence-corrected chi connectivity index (χ0v) is 13.2. The zero-order valence-electron chi connectivity index (χ0n) is 13.2. The molecule has 1 N–H and O–H groups in total. The summed E-state index contributed by atoms with van der Waals surface area (Å²) in [5.74, 6) is 2.08. The molecule has 5 heteroatoms. The van der Waals surface area contributed by atoms with E-state index in [-0.39, 0.29) is 6.10 Å². The molecule has 1 saturated carbocycles. The van der Waals surface area contributed by atoms with E-state index in [1.807, 2.05) is 50.2 Å². The molecule has 2 aromatic heterocycles. The highest BCUT2D eigenvalue weighted by Crippen LogP contribution is 2.42. The lowest BCUT2D eigenvalue weighted by Crippen LogP contribution is -2.07. The molecule has 3 aromatic rings. The summed E-state index contributed by atoms with van der Waals surface area (Å²) in [5.41, 5.74) is 2.51. The number of benzene rings is 1. The summed E-state index contributed by atoms with van der Waals surface area (Å²) in [6.07, 6.45) is 2.51. The number of para-hydroxylation sites is 2. The van der Waals surface area contributed by atoms with Crippen LogP contribution in [0.4, 0.5) is 11.5 Å². The third kappa shape index (κ3) is 2.86. The molecule has 0 unspecified atom stereocenters. The van der Waals surface area contributed by atoms with Gasteiger partial charge in [0.2, 0.25) is 0 Å². The highest BCUT2D eigenvalue weighted by molar-refractivity contribution is 5.79. The van der Waals surface area contributed by atoms with Crippen LogP contribution in [0.2, 0.25) is 0 Å². The lowest BCUT2D eigenvalue weighted by Gasteiger charge is -2.14. The van der Waals surface area contributed by atoms with Crippen LogP contribution >= 0.6 is 0 Å². The van der Waals surface area contributed by atoms with Crippen LogP contribution in [0, 0.1) is 0 Å². The molecule has 0 amide bonds. The number of hydrogen-bond donors (Lipinski definition) is 1. The lowest BCUT2D eigenvalue weighted by atomic mass is 10.2. The monoisotopic (exact) mass is 309 g/mol. The van der Waals surface area contributed by atoms with Gasteiger partial charge < -0.3 is 14.6 Å². The van der Waals surface area contributed by atoms with Gasteiger partial charge in [-0.3, -0.25) is 0 Å². The first kappa shape index (κ1) is 14.1. The lowest BCUT2D eigenvalue weighted by molar-refractivity contribution is 0.244. The maximum atomic E-state index is 5.82. The Bertz CT molecular complexity index is 837. The molecule has 23 heavy (non-hydrogen) atoms. The van der Waals surface area contributed by atoms with Crippen molar-refractivity contribution in [2.24, 2.45) is 0 Å².